The fraction of sp³-hybridized carbons (Fsp3) is 0.421. The highest BCUT2D eigenvalue weighted by Gasteiger charge is 2.29. The summed E-state index contributed by atoms with van der Waals surface area (Å²) in [5.74, 6) is 0. The van der Waals surface area contributed by atoms with Crippen LogP contribution in [0.1, 0.15) is 23.7 Å². The minimum absolute atomic E-state index is 0.114. The third-order valence-electron chi connectivity index (χ3n) is 4.51. The molecule has 0 bridgehead atoms. The molecule has 6 nitrogen and oxygen atoms in total. The molecular formula is C19H25N3O3. The van der Waals surface area contributed by atoms with E-state index in [1.165, 1.54) is 0 Å². The number of aromatic nitrogens is 1. The van der Waals surface area contributed by atoms with Crippen molar-refractivity contribution in [1.29, 1.82) is 0 Å². The standard InChI is InChI=1S/C19H25N3O3/c1-21-8-7-15(13-21)12-20-19(24)22-9-10-25-14-17(22)11-18(23)16-5-3-2-4-6-16/h2-8,13,17-18,23H,9-12,14H2,1H3,(H,20,24)/t17-,18+/m1/s1. The third kappa shape index (κ3) is 4.61. The molecule has 2 heterocycles. The van der Waals surface area contributed by atoms with Crippen LogP contribution in [0.2, 0.25) is 0 Å². The summed E-state index contributed by atoms with van der Waals surface area (Å²) >= 11 is 0. The van der Waals surface area contributed by atoms with E-state index in [4.69, 9.17) is 4.74 Å². The summed E-state index contributed by atoms with van der Waals surface area (Å²) < 4.78 is 7.48. The van der Waals surface area contributed by atoms with Crippen molar-refractivity contribution in [2.24, 2.45) is 7.05 Å². The molecule has 134 valence electrons. The summed E-state index contributed by atoms with van der Waals surface area (Å²) in [6, 6.07) is 11.2. The molecular weight excluding hydrogens is 318 g/mol. The van der Waals surface area contributed by atoms with Crippen molar-refractivity contribution < 1.29 is 14.6 Å². The second-order valence-corrected chi connectivity index (χ2v) is 6.43. The fourth-order valence-corrected chi connectivity index (χ4v) is 3.13. The smallest absolute Gasteiger partial charge is 0.318 e. The number of aliphatic hydroxyl groups is 1. The molecule has 0 saturated carbocycles. The molecule has 1 aromatic carbocycles. The summed E-state index contributed by atoms with van der Waals surface area (Å²) in [6.45, 7) is 2.00. The Morgan fingerprint density at radius 1 is 1.36 bits per heavy atom. The molecule has 6 heteroatoms. The lowest BCUT2D eigenvalue weighted by atomic mass is 10.0. The maximum Gasteiger partial charge on any atom is 0.318 e. The van der Waals surface area contributed by atoms with Gasteiger partial charge in [0.25, 0.3) is 0 Å². The zero-order chi connectivity index (χ0) is 17.6. The van der Waals surface area contributed by atoms with Crippen molar-refractivity contribution >= 4 is 6.03 Å². The molecule has 0 radical (unpaired) electrons. The van der Waals surface area contributed by atoms with Gasteiger partial charge < -0.3 is 24.6 Å². The van der Waals surface area contributed by atoms with Crippen LogP contribution in [-0.4, -0.2) is 46.4 Å². The number of nitrogens with one attached hydrogen (secondary N) is 1. The summed E-state index contributed by atoms with van der Waals surface area (Å²) in [6.07, 6.45) is 3.78. The molecule has 0 aliphatic carbocycles. The molecule has 2 amide bonds. The van der Waals surface area contributed by atoms with Crippen molar-refractivity contribution in [3.8, 4) is 0 Å². The second kappa shape index (κ2) is 8.18. The first-order chi connectivity index (χ1) is 12.1. The van der Waals surface area contributed by atoms with E-state index in [0.717, 1.165) is 11.1 Å². The number of morpholine rings is 1. The molecule has 1 fully saturated rings. The molecule has 1 aliphatic heterocycles. The van der Waals surface area contributed by atoms with Crippen LogP contribution in [-0.2, 0) is 18.3 Å². The van der Waals surface area contributed by atoms with Gasteiger partial charge in [-0.3, -0.25) is 0 Å². The first-order valence-electron chi connectivity index (χ1n) is 8.59. The Balaban J connectivity index is 1.59. The van der Waals surface area contributed by atoms with E-state index in [1.807, 2.05) is 60.4 Å². The molecule has 1 saturated heterocycles. The fourth-order valence-electron chi connectivity index (χ4n) is 3.13. The average Bonchev–Trinajstić information content (AvgIpc) is 3.06. The maximum absolute atomic E-state index is 12.6. The zero-order valence-electron chi connectivity index (χ0n) is 14.5. The van der Waals surface area contributed by atoms with Crippen molar-refractivity contribution in [1.82, 2.24) is 14.8 Å². The number of carbonyl (C=O) groups excluding carboxylic acids is 1. The van der Waals surface area contributed by atoms with Crippen molar-refractivity contribution in [2.45, 2.75) is 25.1 Å². The summed E-state index contributed by atoms with van der Waals surface area (Å²) in [5.41, 5.74) is 1.92. The van der Waals surface area contributed by atoms with Crippen molar-refractivity contribution in [3.05, 3.63) is 59.9 Å². The lowest BCUT2D eigenvalue weighted by molar-refractivity contribution is -0.00698. The number of carbonyl (C=O) groups is 1. The van der Waals surface area contributed by atoms with E-state index in [9.17, 15) is 9.90 Å². The number of urea groups is 1. The molecule has 2 atom stereocenters. The lowest BCUT2D eigenvalue weighted by Gasteiger charge is -2.36. The van der Waals surface area contributed by atoms with Gasteiger partial charge in [0, 0.05) is 39.0 Å². The van der Waals surface area contributed by atoms with Gasteiger partial charge in [0.2, 0.25) is 0 Å². The predicted molar refractivity (Wildman–Crippen MR) is 95.0 cm³/mol. The molecule has 2 N–H and O–H groups in total. The molecule has 0 unspecified atom stereocenters. The number of ether oxygens (including phenoxy) is 1. The van der Waals surface area contributed by atoms with E-state index in [2.05, 4.69) is 5.32 Å². The summed E-state index contributed by atoms with van der Waals surface area (Å²) in [4.78, 5) is 14.4. The first kappa shape index (κ1) is 17.5. The normalized spacial score (nSPS) is 18.8. The molecule has 1 aromatic heterocycles. The van der Waals surface area contributed by atoms with Crippen LogP contribution in [0.3, 0.4) is 0 Å². The van der Waals surface area contributed by atoms with Crippen LogP contribution in [0.25, 0.3) is 0 Å². The second-order valence-electron chi connectivity index (χ2n) is 6.43. The van der Waals surface area contributed by atoms with Gasteiger partial charge in [-0.15, -0.1) is 0 Å². The zero-order valence-corrected chi connectivity index (χ0v) is 14.5. The Bertz CT molecular complexity index is 686. The van der Waals surface area contributed by atoms with Crippen LogP contribution in [0.15, 0.2) is 48.8 Å². The number of rotatable bonds is 5. The van der Waals surface area contributed by atoms with Gasteiger partial charge in [-0.25, -0.2) is 4.79 Å². The Labute approximate surface area is 148 Å². The molecule has 0 spiro atoms. The van der Waals surface area contributed by atoms with Gasteiger partial charge in [0.05, 0.1) is 25.4 Å². The Kier molecular flexibility index (Phi) is 5.73. The van der Waals surface area contributed by atoms with Gasteiger partial charge in [0.1, 0.15) is 0 Å². The Morgan fingerprint density at radius 3 is 2.88 bits per heavy atom. The molecule has 3 rings (SSSR count). The quantitative estimate of drug-likeness (QED) is 0.873. The number of aliphatic hydroxyl groups excluding tert-OH is 1. The monoisotopic (exact) mass is 343 g/mol. The van der Waals surface area contributed by atoms with E-state index < -0.39 is 6.10 Å². The lowest BCUT2D eigenvalue weighted by Crippen LogP contribution is -2.52. The van der Waals surface area contributed by atoms with Gasteiger partial charge in [-0.2, -0.15) is 0 Å². The van der Waals surface area contributed by atoms with E-state index in [0.29, 0.717) is 32.7 Å². The van der Waals surface area contributed by atoms with Crippen LogP contribution in [0.5, 0.6) is 0 Å². The highest BCUT2D eigenvalue weighted by Crippen LogP contribution is 2.22. The minimum Gasteiger partial charge on any atom is -0.388 e. The van der Waals surface area contributed by atoms with Crippen molar-refractivity contribution in [2.75, 3.05) is 19.8 Å². The number of aryl methyl sites for hydroxylation is 1. The van der Waals surface area contributed by atoms with Gasteiger partial charge >= 0.3 is 6.03 Å². The number of benzene rings is 1. The van der Waals surface area contributed by atoms with Gasteiger partial charge in [0.15, 0.2) is 0 Å². The van der Waals surface area contributed by atoms with E-state index in [-0.39, 0.29) is 12.1 Å². The first-order valence-corrected chi connectivity index (χ1v) is 8.59. The van der Waals surface area contributed by atoms with Gasteiger partial charge in [-0.1, -0.05) is 30.3 Å². The molecule has 2 aromatic rings. The predicted octanol–water partition coefficient (Wildman–Crippen LogP) is 2.06. The van der Waals surface area contributed by atoms with Gasteiger partial charge in [-0.05, 0) is 17.2 Å². The van der Waals surface area contributed by atoms with Crippen LogP contribution >= 0.6 is 0 Å². The third-order valence-corrected chi connectivity index (χ3v) is 4.51. The van der Waals surface area contributed by atoms with Crippen LogP contribution in [0, 0.1) is 0 Å². The minimum atomic E-state index is -0.614. The van der Waals surface area contributed by atoms with Crippen LogP contribution < -0.4 is 5.32 Å². The number of amides is 2. The van der Waals surface area contributed by atoms with E-state index >= 15 is 0 Å². The molecule has 1 aliphatic rings. The highest BCUT2D eigenvalue weighted by atomic mass is 16.5. The number of hydrogen-bond acceptors (Lipinski definition) is 3. The molecule has 25 heavy (non-hydrogen) atoms. The Hall–Kier alpha value is -2.31. The largest absolute Gasteiger partial charge is 0.388 e. The maximum atomic E-state index is 12.6. The van der Waals surface area contributed by atoms with E-state index in [1.54, 1.807) is 4.90 Å². The summed E-state index contributed by atoms with van der Waals surface area (Å²) in [5, 5.41) is 13.4. The average molecular weight is 343 g/mol. The Morgan fingerprint density at radius 2 is 2.16 bits per heavy atom. The number of hydrogen-bond donors (Lipinski definition) is 2. The van der Waals surface area contributed by atoms with Crippen molar-refractivity contribution in [3.63, 3.8) is 0 Å². The highest BCUT2D eigenvalue weighted by molar-refractivity contribution is 5.74. The topological polar surface area (TPSA) is 66.7 Å². The summed E-state index contributed by atoms with van der Waals surface area (Å²) in [7, 11) is 1.95. The number of nitrogens with zero attached hydrogens (tertiary/aromatic N) is 2. The SMILES string of the molecule is Cn1ccc(CNC(=O)N2CCOC[C@H]2C[C@H](O)c2ccccc2)c1. The van der Waals surface area contributed by atoms with Crippen LogP contribution in [0.4, 0.5) is 4.79 Å².